The van der Waals surface area contributed by atoms with Gasteiger partial charge in [-0.1, -0.05) is 41.9 Å². The summed E-state index contributed by atoms with van der Waals surface area (Å²) in [6.07, 6.45) is 3.36. The molecule has 2 aromatic carbocycles. The molecule has 2 N–H and O–H groups in total. The lowest BCUT2D eigenvalue weighted by atomic mass is 9.94. The van der Waals surface area contributed by atoms with Gasteiger partial charge in [0.15, 0.2) is 0 Å². The molecule has 170 valence electrons. The molecule has 0 aromatic heterocycles. The Bertz CT molecular complexity index is 890. The van der Waals surface area contributed by atoms with Crippen molar-refractivity contribution in [2.24, 2.45) is 5.92 Å². The molecule has 0 bridgehead atoms. The number of carbonyl (C=O) groups excluding carboxylic acids is 2. The third kappa shape index (κ3) is 6.24. The molecule has 0 unspecified atom stereocenters. The van der Waals surface area contributed by atoms with Crippen LogP contribution in [0.5, 0.6) is 0 Å². The van der Waals surface area contributed by atoms with E-state index in [1.807, 2.05) is 42.5 Å². The standard InChI is InChI=1S/C25H31ClN4O2/c26-21-8-6-19(7-9-21)18-29-14-12-23(13-15-29)27-24(31)20-10-16-30(17-11-20)25(32)28-22-4-2-1-3-5-22/h1-9,20,23H,10-18H2,(H,27,31)(H,28,32). The molecule has 32 heavy (non-hydrogen) atoms. The van der Waals surface area contributed by atoms with E-state index in [9.17, 15) is 9.59 Å². The van der Waals surface area contributed by atoms with Gasteiger partial charge in [-0.15, -0.1) is 0 Å². The zero-order valence-electron chi connectivity index (χ0n) is 18.3. The molecule has 6 nitrogen and oxygen atoms in total. The number of benzene rings is 2. The van der Waals surface area contributed by atoms with E-state index in [2.05, 4.69) is 27.7 Å². The first-order valence-electron chi connectivity index (χ1n) is 11.4. The van der Waals surface area contributed by atoms with Crippen LogP contribution in [0.1, 0.15) is 31.2 Å². The first-order chi connectivity index (χ1) is 15.6. The predicted octanol–water partition coefficient (Wildman–Crippen LogP) is 4.36. The number of amides is 3. The molecule has 7 heteroatoms. The van der Waals surface area contributed by atoms with Crippen LogP contribution in [0.4, 0.5) is 10.5 Å². The number of para-hydroxylation sites is 1. The summed E-state index contributed by atoms with van der Waals surface area (Å²) in [5.74, 6) is 0.132. The van der Waals surface area contributed by atoms with E-state index in [1.54, 1.807) is 4.90 Å². The van der Waals surface area contributed by atoms with Crippen LogP contribution in [0.25, 0.3) is 0 Å². The van der Waals surface area contributed by atoms with E-state index in [-0.39, 0.29) is 23.9 Å². The number of anilines is 1. The lowest BCUT2D eigenvalue weighted by Crippen LogP contribution is -2.49. The average Bonchev–Trinajstić information content (AvgIpc) is 2.82. The summed E-state index contributed by atoms with van der Waals surface area (Å²) in [4.78, 5) is 29.4. The van der Waals surface area contributed by atoms with Gasteiger partial charge in [0.25, 0.3) is 0 Å². The van der Waals surface area contributed by atoms with Crippen LogP contribution in [-0.2, 0) is 11.3 Å². The first-order valence-corrected chi connectivity index (χ1v) is 11.8. The maximum atomic E-state index is 12.8. The second kappa shape index (κ2) is 10.8. The summed E-state index contributed by atoms with van der Waals surface area (Å²) < 4.78 is 0. The molecule has 2 fully saturated rings. The summed E-state index contributed by atoms with van der Waals surface area (Å²) in [6.45, 7) is 4.09. The van der Waals surface area contributed by atoms with Crippen molar-refractivity contribution in [1.29, 1.82) is 0 Å². The average molecular weight is 455 g/mol. The maximum Gasteiger partial charge on any atom is 0.321 e. The van der Waals surface area contributed by atoms with Crippen LogP contribution in [0, 0.1) is 5.92 Å². The lowest BCUT2D eigenvalue weighted by molar-refractivity contribution is -0.127. The van der Waals surface area contributed by atoms with Crippen LogP contribution in [0.15, 0.2) is 54.6 Å². The summed E-state index contributed by atoms with van der Waals surface area (Å²) in [7, 11) is 0. The highest BCUT2D eigenvalue weighted by molar-refractivity contribution is 6.30. The molecule has 2 aliphatic heterocycles. The second-order valence-electron chi connectivity index (χ2n) is 8.74. The summed E-state index contributed by atoms with van der Waals surface area (Å²) in [6, 6.07) is 17.6. The van der Waals surface area contributed by atoms with Gasteiger partial charge in [0, 0.05) is 55.4 Å². The van der Waals surface area contributed by atoms with Crippen LogP contribution in [-0.4, -0.2) is 54.0 Å². The molecule has 2 saturated heterocycles. The van der Waals surface area contributed by atoms with Gasteiger partial charge in [-0.25, -0.2) is 4.79 Å². The van der Waals surface area contributed by atoms with Gasteiger partial charge in [-0.3, -0.25) is 9.69 Å². The Morgan fingerprint density at radius 1 is 0.875 bits per heavy atom. The molecule has 2 aliphatic rings. The Kier molecular flexibility index (Phi) is 7.66. The molecule has 2 aromatic rings. The number of hydrogen-bond acceptors (Lipinski definition) is 3. The highest BCUT2D eigenvalue weighted by Crippen LogP contribution is 2.21. The van der Waals surface area contributed by atoms with Gasteiger partial charge < -0.3 is 15.5 Å². The van der Waals surface area contributed by atoms with Crippen molar-refractivity contribution in [2.75, 3.05) is 31.5 Å². The molecular formula is C25H31ClN4O2. The molecule has 2 heterocycles. The van der Waals surface area contributed by atoms with Crippen molar-refractivity contribution in [2.45, 2.75) is 38.3 Å². The fourth-order valence-corrected chi connectivity index (χ4v) is 4.60. The van der Waals surface area contributed by atoms with Gasteiger partial charge in [0.05, 0.1) is 0 Å². The van der Waals surface area contributed by atoms with E-state index in [0.717, 1.165) is 43.2 Å². The maximum absolute atomic E-state index is 12.8. The topological polar surface area (TPSA) is 64.7 Å². The zero-order chi connectivity index (χ0) is 22.3. The molecule has 3 amide bonds. The Balaban J connectivity index is 1.16. The van der Waals surface area contributed by atoms with E-state index in [4.69, 9.17) is 11.6 Å². The van der Waals surface area contributed by atoms with E-state index >= 15 is 0 Å². The number of hydrogen-bond donors (Lipinski definition) is 2. The molecule has 0 atom stereocenters. The first kappa shape index (κ1) is 22.6. The van der Waals surface area contributed by atoms with Crippen LogP contribution in [0.2, 0.25) is 5.02 Å². The summed E-state index contributed by atoms with van der Waals surface area (Å²) in [5, 5.41) is 6.94. The van der Waals surface area contributed by atoms with E-state index in [1.165, 1.54) is 5.56 Å². The number of rotatable bonds is 5. The fraction of sp³-hybridized carbons (Fsp3) is 0.440. The van der Waals surface area contributed by atoms with Crippen molar-refractivity contribution in [3.05, 3.63) is 65.2 Å². The summed E-state index contributed by atoms with van der Waals surface area (Å²) >= 11 is 5.97. The lowest BCUT2D eigenvalue weighted by Gasteiger charge is -2.35. The normalized spacial score (nSPS) is 18.3. The van der Waals surface area contributed by atoms with Crippen molar-refractivity contribution in [3.63, 3.8) is 0 Å². The van der Waals surface area contributed by atoms with Gasteiger partial charge in [0.2, 0.25) is 5.91 Å². The smallest absolute Gasteiger partial charge is 0.321 e. The van der Waals surface area contributed by atoms with Crippen molar-refractivity contribution < 1.29 is 9.59 Å². The third-order valence-electron chi connectivity index (χ3n) is 6.43. The largest absolute Gasteiger partial charge is 0.353 e. The highest BCUT2D eigenvalue weighted by atomic mass is 35.5. The van der Waals surface area contributed by atoms with E-state index in [0.29, 0.717) is 25.9 Å². The molecule has 0 aliphatic carbocycles. The molecule has 0 saturated carbocycles. The quantitative estimate of drug-likeness (QED) is 0.705. The number of nitrogens with one attached hydrogen (secondary N) is 2. The Hall–Kier alpha value is -2.57. The van der Waals surface area contributed by atoms with Crippen LogP contribution < -0.4 is 10.6 Å². The minimum atomic E-state index is -0.0943. The Morgan fingerprint density at radius 3 is 2.19 bits per heavy atom. The van der Waals surface area contributed by atoms with Crippen molar-refractivity contribution in [1.82, 2.24) is 15.1 Å². The molecule has 0 spiro atoms. The number of halogens is 1. The Morgan fingerprint density at radius 2 is 1.53 bits per heavy atom. The number of carbonyl (C=O) groups is 2. The highest BCUT2D eigenvalue weighted by Gasteiger charge is 2.29. The van der Waals surface area contributed by atoms with Gasteiger partial charge >= 0.3 is 6.03 Å². The van der Waals surface area contributed by atoms with Gasteiger partial charge in [0.1, 0.15) is 0 Å². The predicted molar refractivity (Wildman–Crippen MR) is 128 cm³/mol. The van der Waals surface area contributed by atoms with Crippen molar-refractivity contribution in [3.8, 4) is 0 Å². The Labute approximate surface area is 194 Å². The molecular weight excluding hydrogens is 424 g/mol. The monoisotopic (exact) mass is 454 g/mol. The minimum Gasteiger partial charge on any atom is -0.353 e. The van der Waals surface area contributed by atoms with Crippen molar-refractivity contribution >= 4 is 29.2 Å². The zero-order valence-corrected chi connectivity index (χ0v) is 19.1. The number of likely N-dealkylation sites (tertiary alicyclic amines) is 2. The number of nitrogens with zero attached hydrogens (tertiary/aromatic N) is 2. The van der Waals surface area contributed by atoms with Gasteiger partial charge in [-0.05, 0) is 55.5 Å². The summed E-state index contributed by atoms with van der Waals surface area (Å²) in [5.41, 5.74) is 2.06. The SMILES string of the molecule is O=C(NC1CCN(Cc2ccc(Cl)cc2)CC1)C1CCN(C(=O)Nc2ccccc2)CC1. The van der Waals surface area contributed by atoms with Gasteiger partial charge in [-0.2, -0.15) is 0 Å². The minimum absolute atomic E-state index is 0.0112. The second-order valence-corrected chi connectivity index (χ2v) is 9.18. The third-order valence-corrected chi connectivity index (χ3v) is 6.68. The van der Waals surface area contributed by atoms with E-state index < -0.39 is 0 Å². The van der Waals surface area contributed by atoms with Crippen LogP contribution >= 0.6 is 11.6 Å². The molecule has 4 rings (SSSR count). The number of urea groups is 1. The molecule has 0 radical (unpaired) electrons. The van der Waals surface area contributed by atoms with Crippen LogP contribution in [0.3, 0.4) is 0 Å². The fourth-order valence-electron chi connectivity index (χ4n) is 4.47. The number of piperidine rings is 2.